The average molecular weight is 212 g/mol. The number of aliphatic hydroxyl groups is 1. The highest BCUT2D eigenvalue weighted by Crippen LogP contribution is 2.18. The van der Waals surface area contributed by atoms with Crippen LogP contribution in [0.15, 0.2) is 12.3 Å². The Hall–Kier alpha value is -1.16. The minimum absolute atomic E-state index is 0.192. The summed E-state index contributed by atoms with van der Waals surface area (Å²) in [6.45, 7) is 4.82. The molecule has 1 N–H and O–H groups in total. The van der Waals surface area contributed by atoms with Gasteiger partial charge in [-0.25, -0.2) is 9.37 Å². The lowest BCUT2D eigenvalue weighted by Crippen LogP contribution is -2.24. The first kappa shape index (κ1) is 11.9. The summed E-state index contributed by atoms with van der Waals surface area (Å²) in [5.74, 6) is 0.724. The molecule has 3 nitrogen and oxygen atoms in total. The SMILES string of the molecule is CC(C)CN(C)c1ncc(F)cc1CO. The normalized spacial score (nSPS) is 10.8. The Morgan fingerprint density at radius 3 is 2.73 bits per heavy atom. The number of pyridine rings is 1. The first-order chi connectivity index (χ1) is 7.04. The Kier molecular flexibility index (Phi) is 4.03. The van der Waals surface area contributed by atoms with Crippen molar-refractivity contribution < 1.29 is 9.50 Å². The molecule has 1 heterocycles. The number of hydrogen-bond donors (Lipinski definition) is 1. The fourth-order valence-corrected chi connectivity index (χ4v) is 1.57. The van der Waals surface area contributed by atoms with Gasteiger partial charge in [-0.2, -0.15) is 0 Å². The Morgan fingerprint density at radius 1 is 1.53 bits per heavy atom. The smallest absolute Gasteiger partial charge is 0.142 e. The fourth-order valence-electron chi connectivity index (χ4n) is 1.57. The van der Waals surface area contributed by atoms with Crippen LogP contribution in [0.5, 0.6) is 0 Å². The van der Waals surface area contributed by atoms with E-state index in [1.165, 1.54) is 12.3 Å². The zero-order chi connectivity index (χ0) is 11.4. The minimum Gasteiger partial charge on any atom is -0.392 e. The molecule has 1 aromatic rings. The van der Waals surface area contributed by atoms with Crippen molar-refractivity contribution in [3.05, 3.63) is 23.6 Å². The van der Waals surface area contributed by atoms with Gasteiger partial charge < -0.3 is 10.0 Å². The van der Waals surface area contributed by atoms with E-state index in [-0.39, 0.29) is 6.61 Å². The maximum absolute atomic E-state index is 12.9. The molecule has 0 aliphatic heterocycles. The molecule has 84 valence electrons. The van der Waals surface area contributed by atoms with E-state index in [1.54, 1.807) is 0 Å². The topological polar surface area (TPSA) is 36.4 Å². The lowest BCUT2D eigenvalue weighted by Gasteiger charge is -2.22. The van der Waals surface area contributed by atoms with E-state index in [9.17, 15) is 4.39 Å². The van der Waals surface area contributed by atoms with Crippen molar-refractivity contribution in [2.24, 2.45) is 5.92 Å². The quantitative estimate of drug-likeness (QED) is 0.826. The maximum atomic E-state index is 12.9. The van der Waals surface area contributed by atoms with Crippen molar-refractivity contribution in [1.82, 2.24) is 4.98 Å². The number of aromatic nitrogens is 1. The van der Waals surface area contributed by atoms with Crippen molar-refractivity contribution in [3.63, 3.8) is 0 Å². The summed E-state index contributed by atoms with van der Waals surface area (Å²) >= 11 is 0. The highest BCUT2D eigenvalue weighted by molar-refractivity contribution is 5.45. The van der Waals surface area contributed by atoms with Gasteiger partial charge in [-0.15, -0.1) is 0 Å². The monoisotopic (exact) mass is 212 g/mol. The van der Waals surface area contributed by atoms with Crippen LogP contribution in [0.4, 0.5) is 10.2 Å². The van der Waals surface area contributed by atoms with Gasteiger partial charge >= 0.3 is 0 Å². The Morgan fingerprint density at radius 2 is 2.20 bits per heavy atom. The van der Waals surface area contributed by atoms with E-state index < -0.39 is 5.82 Å². The first-order valence-corrected chi connectivity index (χ1v) is 5.01. The molecule has 1 rings (SSSR count). The summed E-state index contributed by atoms with van der Waals surface area (Å²) in [4.78, 5) is 5.92. The van der Waals surface area contributed by atoms with Gasteiger partial charge in [0.05, 0.1) is 12.8 Å². The number of rotatable bonds is 4. The predicted octanol–water partition coefficient (Wildman–Crippen LogP) is 1.81. The van der Waals surface area contributed by atoms with Crippen LogP contribution in [-0.4, -0.2) is 23.7 Å². The molecule has 15 heavy (non-hydrogen) atoms. The van der Waals surface area contributed by atoms with Crippen molar-refractivity contribution in [3.8, 4) is 0 Å². The second-order valence-corrected chi connectivity index (χ2v) is 4.07. The van der Waals surface area contributed by atoms with Crippen LogP contribution in [0.3, 0.4) is 0 Å². The molecule has 1 aromatic heterocycles. The van der Waals surface area contributed by atoms with Gasteiger partial charge in [-0.05, 0) is 12.0 Å². The highest BCUT2D eigenvalue weighted by Gasteiger charge is 2.10. The standard InChI is InChI=1S/C11H17FN2O/c1-8(2)6-14(3)11-9(7-15)4-10(12)5-13-11/h4-5,8,15H,6-7H2,1-3H3. The van der Waals surface area contributed by atoms with Crippen molar-refractivity contribution >= 4 is 5.82 Å². The number of nitrogens with zero attached hydrogens (tertiary/aromatic N) is 2. The molecule has 0 unspecified atom stereocenters. The molecule has 0 aromatic carbocycles. The van der Waals surface area contributed by atoms with Crippen LogP contribution in [0, 0.1) is 11.7 Å². The zero-order valence-electron chi connectivity index (χ0n) is 9.37. The van der Waals surface area contributed by atoms with E-state index in [1.807, 2.05) is 11.9 Å². The van der Waals surface area contributed by atoms with Gasteiger partial charge in [-0.1, -0.05) is 13.8 Å². The molecule has 0 aliphatic rings. The average Bonchev–Trinajstić information content (AvgIpc) is 2.16. The molecule has 0 fully saturated rings. The molecule has 4 heteroatoms. The number of anilines is 1. The second kappa shape index (κ2) is 5.07. The Bertz CT molecular complexity index is 328. The molecule has 0 amide bonds. The maximum Gasteiger partial charge on any atom is 0.142 e. The molecular weight excluding hydrogens is 195 g/mol. The van der Waals surface area contributed by atoms with Gasteiger partial charge in [0.2, 0.25) is 0 Å². The zero-order valence-corrected chi connectivity index (χ0v) is 9.37. The van der Waals surface area contributed by atoms with Crippen molar-refractivity contribution in [2.45, 2.75) is 20.5 Å². The van der Waals surface area contributed by atoms with E-state index in [0.29, 0.717) is 17.3 Å². The molecule has 0 atom stereocenters. The molecule has 0 aliphatic carbocycles. The third kappa shape index (κ3) is 3.16. The third-order valence-electron chi connectivity index (χ3n) is 2.08. The Labute approximate surface area is 89.6 Å². The van der Waals surface area contributed by atoms with Crippen LogP contribution in [0.2, 0.25) is 0 Å². The van der Waals surface area contributed by atoms with E-state index in [4.69, 9.17) is 5.11 Å². The predicted molar refractivity (Wildman–Crippen MR) is 58.2 cm³/mol. The lowest BCUT2D eigenvalue weighted by atomic mass is 10.2. The summed E-state index contributed by atoms with van der Waals surface area (Å²) in [5.41, 5.74) is 0.526. The van der Waals surface area contributed by atoms with Crippen LogP contribution in [0.25, 0.3) is 0 Å². The molecular formula is C11H17FN2O. The first-order valence-electron chi connectivity index (χ1n) is 5.01. The van der Waals surface area contributed by atoms with Gasteiger partial charge in [-0.3, -0.25) is 0 Å². The highest BCUT2D eigenvalue weighted by atomic mass is 19.1. The molecule has 0 spiro atoms. The summed E-state index contributed by atoms with van der Waals surface area (Å²) in [6.07, 6.45) is 1.17. The van der Waals surface area contributed by atoms with Gasteiger partial charge in [0.15, 0.2) is 0 Å². The lowest BCUT2D eigenvalue weighted by molar-refractivity contribution is 0.281. The van der Waals surface area contributed by atoms with Gasteiger partial charge in [0, 0.05) is 19.2 Å². The fraction of sp³-hybridized carbons (Fsp3) is 0.545. The van der Waals surface area contributed by atoms with Crippen molar-refractivity contribution in [1.29, 1.82) is 0 Å². The second-order valence-electron chi connectivity index (χ2n) is 4.07. The van der Waals surface area contributed by atoms with Crippen LogP contribution in [0.1, 0.15) is 19.4 Å². The Balaban J connectivity index is 2.92. The number of halogens is 1. The number of hydrogen-bond acceptors (Lipinski definition) is 3. The molecule has 0 saturated heterocycles. The number of aliphatic hydroxyl groups excluding tert-OH is 1. The van der Waals surface area contributed by atoms with Crippen LogP contribution >= 0.6 is 0 Å². The summed E-state index contributed by atoms with van der Waals surface area (Å²) in [5, 5.41) is 9.09. The van der Waals surface area contributed by atoms with Gasteiger partial charge in [0.25, 0.3) is 0 Å². The largest absolute Gasteiger partial charge is 0.392 e. The summed E-state index contributed by atoms with van der Waals surface area (Å²) < 4.78 is 12.9. The van der Waals surface area contributed by atoms with Gasteiger partial charge in [0.1, 0.15) is 11.6 Å². The summed E-state index contributed by atoms with van der Waals surface area (Å²) in [7, 11) is 1.89. The van der Waals surface area contributed by atoms with E-state index in [0.717, 1.165) is 6.54 Å². The molecule has 0 saturated carbocycles. The van der Waals surface area contributed by atoms with Crippen molar-refractivity contribution in [2.75, 3.05) is 18.5 Å². The third-order valence-corrected chi connectivity index (χ3v) is 2.08. The minimum atomic E-state index is -0.416. The molecule has 0 bridgehead atoms. The van der Waals surface area contributed by atoms with E-state index >= 15 is 0 Å². The molecule has 0 radical (unpaired) electrons. The van der Waals surface area contributed by atoms with Crippen LogP contribution in [-0.2, 0) is 6.61 Å². The van der Waals surface area contributed by atoms with E-state index in [2.05, 4.69) is 18.8 Å². The summed E-state index contributed by atoms with van der Waals surface area (Å²) in [6, 6.07) is 1.32. The van der Waals surface area contributed by atoms with Crippen LogP contribution < -0.4 is 4.90 Å².